The van der Waals surface area contributed by atoms with Gasteiger partial charge in [0.1, 0.15) is 0 Å². The first-order valence-electron chi connectivity index (χ1n) is 16.0. The average Bonchev–Trinajstić information content (AvgIpc) is 3.14. The molecule has 2 nitrogen and oxygen atoms in total. The van der Waals surface area contributed by atoms with Gasteiger partial charge in [0.2, 0.25) is 0 Å². The van der Waals surface area contributed by atoms with Crippen molar-refractivity contribution in [1.29, 1.82) is 0 Å². The van der Waals surface area contributed by atoms with Crippen LogP contribution in [0.15, 0.2) is 158 Å². The second-order valence-electron chi connectivity index (χ2n) is 12.5. The maximum absolute atomic E-state index is 5.42. The molecule has 0 unspecified atom stereocenters. The third-order valence-corrected chi connectivity index (χ3v) is 9.11. The fourth-order valence-electron chi connectivity index (χ4n) is 6.38. The van der Waals surface area contributed by atoms with Crippen molar-refractivity contribution in [2.45, 2.75) is 19.3 Å². The summed E-state index contributed by atoms with van der Waals surface area (Å²) in [6.45, 7) is 4.42. The number of pyridine rings is 2. The third-order valence-electron chi connectivity index (χ3n) is 9.11. The van der Waals surface area contributed by atoms with Crippen LogP contribution >= 0.6 is 0 Å². The largest absolute Gasteiger partial charge is 2.00 e. The van der Waals surface area contributed by atoms with Crippen molar-refractivity contribution in [3.8, 4) is 44.8 Å². The van der Waals surface area contributed by atoms with Gasteiger partial charge in [-0.25, -0.2) is 0 Å². The molecular weight excluding hydrogens is 764 g/mol. The molecule has 48 heavy (non-hydrogen) atoms. The smallest absolute Gasteiger partial charge is 0.300 e. The van der Waals surface area contributed by atoms with Gasteiger partial charge in [-0.05, 0) is 59.6 Å². The zero-order valence-electron chi connectivity index (χ0n) is 26.7. The average molecular weight is 796 g/mol. The van der Waals surface area contributed by atoms with Gasteiger partial charge in [-0.2, -0.15) is 0 Å². The Kier molecular flexibility index (Phi) is 8.61. The van der Waals surface area contributed by atoms with E-state index in [2.05, 4.69) is 172 Å². The van der Waals surface area contributed by atoms with Crippen molar-refractivity contribution in [1.82, 2.24) is 9.97 Å². The van der Waals surface area contributed by atoms with Gasteiger partial charge in [0.15, 0.2) is 0 Å². The van der Waals surface area contributed by atoms with Crippen LogP contribution in [0.25, 0.3) is 66.3 Å². The fraction of sp³-hybridized carbons (Fsp3) is 0.0667. The van der Waals surface area contributed by atoms with Gasteiger partial charge in [-0.3, -0.25) is 9.97 Å². The Hall–Kier alpha value is -5.17. The van der Waals surface area contributed by atoms with Crippen LogP contribution in [0, 0.1) is 12.1 Å². The Morgan fingerprint density at radius 1 is 0.438 bits per heavy atom. The summed E-state index contributed by atoms with van der Waals surface area (Å²) in [5, 5.41) is 4.66. The molecule has 8 aromatic rings. The van der Waals surface area contributed by atoms with E-state index >= 15 is 0 Å². The molecule has 0 amide bonds. The molecule has 0 N–H and O–H groups in total. The number of fused-ring (bicyclic) bond motifs is 2. The van der Waals surface area contributed by atoms with Crippen LogP contribution in [0.4, 0.5) is 0 Å². The van der Waals surface area contributed by atoms with Crippen molar-refractivity contribution in [2.75, 3.05) is 0 Å². The van der Waals surface area contributed by atoms with Crippen molar-refractivity contribution < 1.29 is 21.1 Å². The number of aromatic nitrogens is 2. The van der Waals surface area contributed by atoms with Crippen LogP contribution in [0.5, 0.6) is 0 Å². The Morgan fingerprint density at radius 2 is 0.812 bits per heavy atom. The molecule has 232 valence electrons. The molecule has 0 fully saturated rings. The van der Waals surface area contributed by atoms with E-state index in [0.717, 1.165) is 66.9 Å². The molecule has 0 saturated heterocycles. The van der Waals surface area contributed by atoms with Gasteiger partial charge < -0.3 is 0 Å². The van der Waals surface area contributed by atoms with Crippen LogP contribution in [-0.2, 0) is 26.5 Å². The van der Waals surface area contributed by atoms with E-state index in [-0.39, 0.29) is 21.1 Å². The minimum atomic E-state index is -0.498. The van der Waals surface area contributed by atoms with Crippen LogP contribution in [0.1, 0.15) is 25.2 Å². The molecule has 0 bridgehead atoms. The van der Waals surface area contributed by atoms with E-state index < -0.39 is 5.41 Å². The van der Waals surface area contributed by atoms with Crippen molar-refractivity contribution in [3.05, 3.63) is 181 Å². The number of hydrogen-bond donors (Lipinski definition) is 0. The van der Waals surface area contributed by atoms with Crippen molar-refractivity contribution >= 4 is 21.5 Å². The van der Waals surface area contributed by atoms with E-state index in [1.165, 1.54) is 10.8 Å². The topological polar surface area (TPSA) is 25.8 Å². The van der Waals surface area contributed by atoms with E-state index in [4.69, 9.17) is 9.97 Å². The van der Waals surface area contributed by atoms with E-state index in [1.54, 1.807) is 0 Å². The van der Waals surface area contributed by atoms with E-state index in [0.29, 0.717) is 0 Å². The van der Waals surface area contributed by atoms with Gasteiger partial charge in [-0.1, -0.05) is 132 Å². The molecular formula is C45H32N2Pt. The first kappa shape index (κ1) is 31.4. The summed E-state index contributed by atoms with van der Waals surface area (Å²) in [5.41, 5.74) is 9.57. The zero-order chi connectivity index (χ0) is 31.8. The summed E-state index contributed by atoms with van der Waals surface area (Å²) in [7, 11) is 0. The van der Waals surface area contributed by atoms with Crippen LogP contribution in [0.2, 0.25) is 0 Å². The monoisotopic (exact) mass is 795 g/mol. The Balaban J connectivity index is 0.00000364. The fourth-order valence-corrected chi connectivity index (χ4v) is 6.38. The number of hydrogen-bond acceptors (Lipinski definition) is 2. The molecule has 0 aliphatic heterocycles. The Bertz CT molecular complexity index is 2210. The molecule has 2 aromatic heterocycles. The molecule has 0 atom stereocenters. The summed E-state index contributed by atoms with van der Waals surface area (Å²) in [6, 6.07) is 62.1. The first-order valence-corrected chi connectivity index (χ1v) is 16.0. The Labute approximate surface area is 296 Å². The molecule has 2 heterocycles. The number of benzene rings is 6. The van der Waals surface area contributed by atoms with Gasteiger partial charge in [-0.15, -0.1) is 58.3 Å². The van der Waals surface area contributed by atoms with Gasteiger partial charge in [0.25, 0.3) is 0 Å². The van der Waals surface area contributed by atoms with E-state index in [1.807, 2.05) is 12.1 Å². The predicted octanol–water partition coefficient (Wildman–Crippen LogP) is 11.4. The summed E-state index contributed by atoms with van der Waals surface area (Å²) in [6.07, 6.45) is 0. The van der Waals surface area contributed by atoms with Crippen LogP contribution in [-0.4, -0.2) is 9.97 Å². The molecule has 6 aromatic carbocycles. The number of nitrogens with zero attached hydrogens (tertiary/aromatic N) is 2. The normalized spacial score (nSPS) is 11.4. The van der Waals surface area contributed by atoms with Gasteiger partial charge in [0, 0.05) is 16.8 Å². The van der Waals surface area contributed by atoms with Crippen LogP contribution in [0.3, 0.4) is 0 Å². The van der Waals surface area contributed by atoms with Crippen molar-refractivity contribution in [3.63, 3.8) is 0 Å². The molecule has 0 saturated carbocycles. The first-order chi connectivity index (χ1) is 23.0. The standard InChI is InChI=1S/C45H32N2.Pt/c1-45(2,41-27-25-39(33-15-5-3-6-16-33)43(46-41)37-23-21-31-13-9-11-19-35(31)29-37)42-28-26-40(34-17-7-4-8-18-34)44(47-42)38-24-22-32-14-10-12-20-36(32)30-38;/h3-22,25-30H,1-2H3;/q-2;+2. The minimum absolute atomic E-state index is 0. The second kappa shape index (κ2) is 13.1. The SMILES string of the molecule is CC(C)(c1ccc(-c2ccccc2)c(-c2[c-]cc3ccccc3c2)n1)c1ccc(-c2ccccc2)c(-c2[c-]cc3ccccc3c2)n1.[Pt+2]. The molecule has 0 spiro atoms. The molecule has 0 radical (unpaired) electrons. The third kappa shape index (κ3) is 5.89. The molecule has 3 heteroatoms. The molecule has 0 aliphatic carbocycles. The maximum atomic E-state index is 5.42. The summed E-state index contributed by atoms with van der Waals surface area (Å²) >= 11 is 0. The quantitative estimate of drug-likeness (QED) is 0.157. The Morgan fingerprint density at radius 3 is 1.23 bits per heavy atom. The van der Waals surface area contributed by atoms with Crippen molar-refractivity contribution in [2.24, 2.45) is 0 Å². The predicted molar refractivity (Wildman–Crippen MR) is 195 cm³/mol. The maximum Gasteiger partial charge on any atom is 2.00 e. The summed E-state index contributed by atoms with van der Waals surface area (Å²) in [4.78, 5) is 10.8. The number of rotatable bonds is 6. The molecule has 0 aliphatic rings. The van der Waals surface area contributed by atoms with Crippen LogP contribution < -0.4 is 0 Å². The summed E-state index contributed by atoms with van der Waals surface area (Å²) < 4.78 is 0. The zero-order valence-corrected chi connectivity index (χ0v) is 29.0. The van der Waals surface area contributed by atoms with E-state index in [9.17, 15) is 0 Å². The van der Waals surface area contributed by atoms with Gasteiger partial charge in [0.05, 0.1) is 0 Å². The summed E-state index contributed by atoms with van der Waals surface area (Å²) in [5.74, 6) is 0. The van der Waals surface area contributed by atoms with Gasteiger partial charge >= 0.3 is 21.1 Å². The minimum Gasteiger partial charge on any atom is -0.300 e. The second-order valence-corrected chi connectivity index (χ2v) is 12.5. The molecule has 8 rings (SSSR count).